The summed E-state index contributed by atoms with van der Waals surface area (Å²) < 4.78 is 9.11. The van der Waals surface area contributed by atoms with Gasteiger partial charge in [-0.05, 0) is 94.8 Å². The predicted molar refractivity (Wildman–Crippen MR) is 193 cm³/mol. The molecule has 0 aliphatic heterocycles. The maximum atomic E-state index is 6.75. The number of aromatic nitrogens is 1. The summed E-state index contributed by atoms with van der Waals surface area (Å²) in [6, 6.07) is 58.3. The van der Waals surface area contributed by atoms with Gasteiger partial charge < -0.3 is 9.30 Å². The van der Waals surface area contributed by atoms with Crippen molar-refractivity contribution >= 4 is 21.8 Å². The van der Waals surface area contributed by atoms with Crippen LogP contribution in [0.1, 0.15) is 11.1 Å². The lowest BCUT2D eigenvalue weighted by Gasteiger charge is -2.16. The summed E-state index contributed by atoms with van der Waals surface area (Å²) in [6.07, 6.45) is 0. The van der Waals surface area contributed by atoms with Gasteiger partial charge in [-0.2, -0.15) is 0 Å². The monoisotopic (exact) mass is 591 g/mol. The Balaban J connectivity index is 1.26. The smallest absolute Gasteiger partial charge is 0.154 e. The molecule has 8 rings (SSSR count). The van der Waals surface area contributed by atoms with E-state index in [9.17, 15) is 0 Å². The first kappa shape index (κ1) is 27.7. The highest BCUT2D eigenvalue weighted by Gasteiger charge is 2.19. The first-order chi connectivity index (χ1) is 22.6. The van der Waals surface area contributed by atoms with Crippen LogP contribution in [-0.4, -0.2) is 4.57 Å². The maximum Gasteiger partial charge on any atom is 0.154 e. The summed E-state index contributed by atoms with van der Waals surface area (Å²) in [4.78, 5) is 0. The molecule has 1 aromatic heterocycles. The van der Waals surface area contributed by atoms with E-state index in [1.807, 2.05) is 18.2 Å². The lowest BCUT2D eigenvalue weighted by Crippen LogP contribution is -1.98. The highest BCUT2D eigenvalue weighted by atomic mass is 16.5. The summed E-state index contributed by atoms with van der Waals surface area (Å²) in [5.41, 5.74) is 12.7. The molecule has 0 atom stereocenters. The Bertz CT molecular complexity index is 2360. The lowest BCUT2D eigenvalue weighted by molar-refractivity contribution is 0.479. The molecule has 0 spiro atoms. The topological polar surface area (TPSA) is 14.2 Å². The van der Waals surface area contributed by atoms with Crippen LogP contribution in [0, 0.1) is 13.8 Å². The number of rotatable bonds is 6. The van der Waals surface area contributed by atoms with E-state index in [1.54, 1.807) is 0 Å². The van der Waals surface area contributed by atoms with Gasteiger partial charge in [0.15, 0.2) is 5.75 Å². The number of hydrogen-bond donors (Lipinski definition) is 0. The van der Waals surface area contributed by atoms with Crippen LogP contribution in [-0.2, 0) is 0 Å². The quantitative estimate of drug-likeness (QED) is 0.188. The zero-order valence-electron chi connectivity index (χ0n) is 25.9. The molecule has 2 nitrogen and oxygen atoms in total. The summed E-state index contributed by atoms with van der Waals surface area (Å²) in [5, 5.41) is 2.38. The number of benzene rings is 7. The van der Waals surface area contributed by atoms with Gasteiger partial charge >= 0.3 is 0 Å². The second-order valence-electron chi connectivity index (χ2n) is 11.9. The van der Waals surface area contributed by atoms with Crippen LogP contribution in [0.15, 0.2) is 164 Å². The van der Waals surface area contributed by atoms with Gasteiger partial charge in [-0.25, -0.2) is 0 Å². The second kappa shape index (κ2) is 11.6. The largest absolute Gasteiger partial charge is 0.455 e. The Morgan fingerprint density at radius 2 is 0.978 bits per heavy atom. The minimum Gasteiger partial charge on any atom is -0.455 e. The average Bonchev–Trinajstić information content (AvgIpc) is 3.45. The molecular weight excluding hydrogens is 558 g/mol. The van der Waals surface area contributed by atoms with Crippen LogP contribution in [0.5, 0.6) is 11.5 Å². The molecule has 0 saturated heterocycles. The number of para-hydroxylation sites is 2. The summed E-state index contributed by atoms with van der Waals surface area (Å²) >= 11 is 0. The van der Waals surface area contributed by atoms with Crippen molar-refractivity contribution in [2.45, 2.75) is 13.8 Å². The van der Waals surface area contributed by atoms with Gasteiger partial charge in [0.05, 0.1) is 11.0 Å². The number of aryl methyl sites for hydroxylation is 2. The highest BCUT2D eigenvalue weighted by molar-refractivity contribution is 6.11. The Morgan fingerprint density at radius 3 is 1.70 bits per heavy atom. The van der Waals surface area contributed by atoms with Crippen LogP contribution in [0.25, 0.3) is 60.9 Å². The van der Waals surface area contributed by atoms with Crippen molar-refractivity contribution in [3.8, 4) is 50.6 Å². The van der Waals surface area contributed by atoms with Crippen LogP contribution in [0.3, 0.4) is 0 Å². The highest BCUT2D eigenvalue weighted by Crippen LogP contribution is 2.42. The summed E-state index contributed by atoms with van der Waals surface area (Å²) in [5.74, 6) is 1.76. The molecule has 0 bridgehead atoms. The molecule has 46 heavy (non-hydrogen) atoms. The standard InChI is InChI=1S/C44H33NO/c1-30-13-6-9-24-42(30)46-44-31(2)25-26-40-39-22-7-8-23-41(39)45(43(40)44)38-21-12-20-37(29-38)36-19-11-18-35(28-36)34-17-10-16-33(27-34)32-14-4-3-5-15-32/h3-29H,1-2H3. The summed E-state index contributed by atoms with van der Waals surface area (Å²) in [7, 11) is 0. The van der Waals surface area contributed by atoms with Crippen molar-refractivity contribution in [2.24, 2.45) is 0 Å². The summed E-state index contributed by atoms with van der Waals surface area (Å²) in [6.45, 7) is 4.22. The molecule has 0 fully saturated rings. The Morgan fingerprint density at radius 1 is 0.413 bits per heavy atom. The van der Waals surface area contributed by atoms with Gasteiger partial charge in [0.25, 0.3) is 0 Å². The van der Waals surface area contributed by atoms with Gasteiger partial charge in [0.2, 0.25) is 0 Å². The van der Waals surface area contributed by atoms with E-state index in [0.29, 0.717) is 0 Å². The van der Waals surface area contributed by atoms with E-state index in [1.165, 1.54) is 44.2 Å². The molecule has 0 aliphatic rings. The first-order valence-corrected chi connectivity index (χ1v) is 15.8. The van der Waals surface area contributed by atoms with Crippen LogP contribution >= 0.6 is 0 Å². The molecule has 0 N–H and O–H groups in total. The van der Waals surface area contributed by atoms with Crippen molar-refractivity contribution in [1.82, 2.24) is 4.57 Å². The Kier molecular flexibility index (Phi) is 6.96. The van der Waals surface area contributed by atoms with Crippen molar-refractivity contribution in [3.05, 3.63) is 175 Å². The number of ether oxygens (including phenoxy) is 1. The third kappa shape index (κ3) is 4.95. The molecule has 0 aliphatic carbocycles. The number of nitrogens with zero attached hydrogens (tertiary/aromatic N) is 1. The lowest BCUT2D eigenvalue weighted by atomic mass is 9.96. The normalized spacial score (nSPS) is 11.3. The van der Waals surface area contributed by atoms with Crippen molar-refractivity contribution in [3.63, 3.8) is 0 Å². The number of hydrogen-bond acceptors (Lipinski definition) is 1. The van der Waals surface area contributed by atoms with Crippen molar-refractivity contribution < 1.29 is 4.74 Å². The van der Waals surface area contributed by atoms with E-state index in [0.717, 1.165) is 39.3 Å². The molecule has 2 heteroatoms. The molecular formula is C44H33NO. The van der Waals surface area contributed by atoms with Crippen LogP contribution in [0.2, 0.25) is 0 Å². The third-order valence-corrected chi connectivity index (χ3v) is 8.90. The second-order valence-corrected chi connectivity index (χ2v) is 11.9. The van der Waals surface area contributed by atoms with Gasteiger partial charge in [0, 0.05) is 16.5 Å². The van der Waals surface area contributed by atoms with Crippen molar-refractivity contribution in [2.75, 3.05) is 0 Å². The third-order valence-electron chi connectivity index (χ3n) is 8.90. The van der Waals surface area contributed by atoms with E-state index >= 15 is 0 Å². The fourth-order valence-electron chi connectivity index (χ4n) is 6.52. The Labute approximate surface area is 269 Å². The van der Waals surface area contributed by atoms with E-state index in [-0.39, 0.29) is 0 Å². The first-order valence-electron chi connectivity index (χ1n) is 15.8. The van der Waals surface area contributed by atoms with Gasteiger partial charge in [-0.15, -0.1) is 0 Å². The van der Waals surface area contributed by atoms with E-state index in [2.05, 4.69) is 164 Å². The molecule has 0 saturated carbocycles. The minimum atomic E-state index is 0.872. The molecule has 0 radical (unpaired) electrons. The molecule has 1 heterocycles. The van der Waals surface area contributed by atoms with Gasteiger partial charge in [-0.1, -0.05) is 127 Å². The fraction of sp³-hybridized carbons (Fsp3) is 0.0455. The Hall–Kier alpha value is -5.86. The van der Waals surface area contributed by atoms with Crippen LogP contribution < -0.4 is 4.74 Å². The van der Waals surface area contributed by atoms with Gasteiger partial charge in [0.1, 0.15) is 5.75 Å². The number of fused-ring (bicyclic) bond motifs is 3. The minimum absolute atomic E-state index is 0.872. The van der Waals surface area contributed by atoms with E-state index < -0.39 is 0 Å². The van der Waals surface area contributed by atoms with E-state index in [4.69, 9.17) is 4.74 Å². The molecule has 220 valence electrons. The maximum absolute atomic E-state index is 6.75. The molecule has 0 unspecified atom stereocenters. The van der Waals surface area contributed by atoms with Gasteiger partial charge in [-0.3, -0.25) is 0 Å². The average molecular weight is 592 g/mol. The molecule has 8 aromatic rings. The fourth-order valence-corrected chi connectivity index (χ4v) is 6.52. The zero-order chi connectivity index (χ0) is 31.0. The zero-order valence-corrected chi connectivity index (χ0v) is 25.9. The predicted octanol–water partition coefficient (Wildman–Crippen LogP) is 12.2. The van der Waals surface area contributed by atoms with Crippen LogP contribution in [0.4, 0.5) is 0 Å². The molecule has 7 aromatic carbocycles. The molecule has 0 amide bonds. The SMILES string of the molecule is Cc1ccccc1Oc1c(C)ccc2c3ccccc3n(-c3cccc(-c4cccc(-c5cccc(-c6ccccc6)c5)c4)c3)c12. The van der Waals surface area contributed by atoms with Crippen molar-refractivity contribution in [1.29, 1.82) is 0 Å².